The van der Waals surface area contributed by atoms with E-state index in [9.17, 15) is 9.59 Å². The second-order valence-corrected chi connectivity index (χ2v) is 9.96. The fourth-order valence-electron chi connectivity index (χ4n) is 4.28. The van der Waals surface area contributed by atoms with Crippen molar-refractivity contribution in [1.82, 2.24) is 9.80 Å². The number of methoxy groups -OCH3 is 1. The van der Waals surface area contributed by atoms with Crippen LogP contribution in [-0.2, 0) is 11.2 Å². The minimum Gasteiger partial charge on any atom is -0.497 e. The Morgan fingerprint density at radius 3 is 2.52 bits per heavy atom. The van der Waals surface area contributed by atoms with Crippen LogP contribution in [-0.4, -0.2) is 48.4 Å². The number of rotatable bonds is 7. The lowest BCUT2D eigenvalue weighted by atomic mass is 9.93. The van der Waals surface area contributed by atoms with Crippen LogP contribution in [0.4, 0.5) is 0 Å². The minimum atomic E-state index is -0.162. The van der Waals surface area contributed by atoms with E-state index < -0.39 is 0 Å². The van der Waals surface area contributed by atoms with Crippen LogP contribution >= 0.6 is 27.3 Å². The molecular weight excluding hydrogens is 500 g/mol. The molecule has 3 aromatic rings. The molecule has 1 aliphatic rings. The first-order valence-electron chi connectivity index (χ1n) is 11.1. The fraction of sp³-hybridized carbons (Fsp3) is 0.308. The fourth-order valence-corrected chi connectivity index (χ4v) is 5.45. The zero-order chi connectivity index (χ0) is 23.4. The maximum atomic E-state index is 13.6. The number of amides is 2. The van der Waals surface area contributed by atoms with Crippen LogP contribution in [0.5, 0.6) is 5.75 Å². The lowest BCUT2D eigenvalue weighted by Crippen LogP contribution is -2.47. The molecule has 1 aromatic heterocycles. The Kier molecular flexibility index (Phi) is 7.50. The number of carbonyl (C=O) groups is 2. The van der Waals surface area contributed by atoms with Gasteiger partial charge >= 0.3 is 0 Å². The molecule has 5 nitrogen and oxygen atoms in total. The summed E-state index contributed by atoms with van der Waals surface area (Å²) in [5.41, 5.74) is 2.81. The maximum Gasteiger partial charge on any atom is 0.254 e. The normalized spacial score (nSPS) is 15.1. The highest BCUT2D eigenvalue weighted by atomic mass is 79.9. The van der Waals surface area contributed by atoms with Gasteiger partial charge in [0, 0.05) is 28.0 Å². The molecule has 33 heavy (non-hydrogen) atoms. The Hall–Kier alpha value is -2.64. The molecular formula is C26H27BrN2O3S. The predicted molar refractivity (Wildman–Crippen MR) is 135 cm³/mol. The number of fused-ring (bicyclic) bond motifs is 1. The van der Waals surface area contributed by atoms with Gasteiger partial charge in [0.05, 0.1) is 13.2 Å². The zero-order valence-corrected chi connectivity index (χ0v) is 21.2. The molecule has 0 N–H and O–H groups in total. The molecule has 2 aromatic carbocycles. The Bertz CT molecular complexity index is 1110. The highest BCUT2D eigenvalue weighted by Crippen LogP contribution is 2.38. The van der Waals surface area contributed by atoms with Crippen molar-refractivity contribution in [2.24, 2.45) is 0 Å². The SMILES string of the molecule is CCCN(CC(=O)N1CCc2sccc2C1c1ccc(OC)cc1)C(=O)c1ccc(Br)cc1. The Balaban J connectivity index is 1.60. The average Bonchev–Trinajstić information content (AvgIpc) is 3.32. The van der Waals surface area contributed by atoms with Gasteiger partial charge in [-0.25, -0.2) is 0 Å². The Morgan fingerprint density at radius 2 is 1.85 bits per heavy atom. The van der Waals surface area contributed by atoms with Gasteiger partial charge in [0.15, 0.2) is 0 Å². The molecule has 0 fully saturated rings. The van der Waals surface area contributed by atoms with Crippen LogP contribution in [0.1, 0.15) is 45.7 Å². The summed E-state index contributed by atoms with van der Waals surface area (Å²) in [6.07, 6.45) is 1.62. The second kappa shape index (κ2) is 10.5. The summed E-state index contributed by atoms with van der Waals surface area (Å²) in [6.45, 7) is 3.25. The molecule has 0 bridgehead atoms. The molecule has 0 spiro atoms. The van der Waals surface area contributed by atoms with Gasteiger partial charge in [-0.3, -0.25) is 9.59 Å². The van der Waals surface area contributed by atoms with E-state index in [0.717, 1.165) is 28.6 Å². The van der Waals surface area contributed by atoms with Crippen LogP contribution < -0.4 is 4.74 Å². The first-order valence-corrected chi connectivity index (χ1v) is 12.7. The molecule has 1 unspecified atom stereocenters. The summed E-state index contributed by atoms with van der Waals surface area (Å²) in [6, 6.07) is 17.1. The molecule has 1 aliphatic heterocycles. The number of hydrogen-bond acceptors (Lipinski definition) is 4. The van der Waals surface area contributed by atoms with Gasteiger partial charge in [-0.05, 0) is 71.8 Å². The number of halogens is 1. The predicted octanol–water partition coefficient (Wildman–Crippen LogP) is 5.55. The van der Waals surface area contributed by atoms with Gasteiger partial charge in [0.2, 0.25) is 5.91 Å². The van der Waals surface area contributed by atoms with Crippen molar-refractivity contribution in [3.05, 3.63) is 86.0 Å². The number of benzene rings is 2. The van der Waals surface area contributed by atoms with Gasteiger partial charge in [0.25, 0.3) is 5.91 Å². The molecule has 0 saturated heterocycles. The van der Waals surface area contributed by atoms with Crippen LogP contribution in [0.3, 0.4) is 0 Å². The standard InChI is InChI=1S/C26H27BrN2O3S/c1-3-14-28(26(31)19-4-8-20(27)9-5-19)17-24(30)29-15-12-23-22(13-16-33-23)25(29)18-6-10-21(32-2)11-7-18/h4-11,13,16,25H,3,12,14-15,17H2,1-2H3. The summed E-state index contributed by atoms with van der Waals surface area (Å²) < 4.78 is 6.23. The second-order valence-electron chi connectivity index (χ2n) is 8.05. The highest BCUT2D eigenvalue weighted by molar-refractivity contribution is 9.10. The minimum absolute atomic E-state index is 0.0356. The Morgan fingerprint density at radius 1 is 1.12 bits per heavy atom. The summed E-state index contributed by atoms with van der Waals surface area (Å²) in [5.74, 6) is 0.630. The molecule has 7 heteroatoms. The molecule has 0 radical (unpaired) electrons. The lowest BCUT2D eigenvalue weighted by Gasteiger charge is -2.37. The molecule has 0 saturated carbocycles. The third-order valence-corrected chi connectivity index (χ3v) is 7.44. The first kappa shape index (κ1) is 23.5. The highest BCUT2D eigenvalue weighted by Gasteiger charge is 2.34. The van der Waals surface area contributed by atoms with E-state index in [4.69, 9.17) is 4.74 Å². The van der Waals surface area contributed by atoms with Crippen LogP contribution in [0.25, 0.3) is 0 Å². The smallest absolute Gasteiger partial charge is 0.254 e. The zero-order valence-electron chi connectivity index (χ0n) is 18.8. The van der Waals surface area contributed by atoms with Gasteiger partial charge in [-0.2, -0.15) is 0 Å². The van der Waals surface area contributed by atoms with Gasteiger partial charge < -0.3 is 14.5 Å². The quantitative estimate of drug-likeness (QED) is 0.405. The first-order chi connectivity index (χ1) is 16.0. The molecule has 172 valence electrons. The van der Waals surface area contributed by atoms with E-state index in [1.807, 2.05) is 48.2 Å². The van der Waals surface area contributed by atoms with Crippen molar-refractivity contribution in [2.45, 2.75) is 25.8 Å². The summed E-state index contributed by atoms with van der Waals surface area (Å²) in [5, 5.41) is 2.09. The van der Waals surface area contributed by atoms with Crippen molar-refractivity contribution in [2.75, 3.05) is 26.7 Å². The van der Waals surface area contributed by atoms with Gasteiger partial charge in [-0.1, -0.05) is 35.0 Å². The van der Waals surface area contributed by atoms with Crippen molar-refractivity contribution in [3.8, 4) is 5.75 Å². The van der Waals surface area contributed by atoms with Crippen molar-refractivity contribution in [3.63, 3.8) is 0 Å². The monoisotopic (exact) mass is 526 g/mol. The van der Waals surface area contributed by atoms with Gasteiger partial charge in [0.1, 0.15) is 12.3 Å². The molecule has 2 heterocycles. The van der Waals surface area contributed by atoms with E-state index in [-0.39, 0.29) is 24.4 Å². The van der Waals surface area contributed by atoms with E-state index >= 15 is 0 Å². The lowest BCUT2D eigenvalue weighted by molar-refractivity contribution is -0.134. The van der Waals surface area contributed by atoms with E-state index in [2.05, 4.69) is 27.4 Å². The van der Waals surface area contributed by atoms with E-state index in [1.165, 1.54) is 10.4 Å². The number of ether oxygens (including phenoxy) is 1. The van der Waals surface area contributed by atoms with Crippen LogP contribution in [0.15, 0.2) is 64.5 Å². The maximum absolute atomic E-state index is 13.6. The number of nitrogens with zero attached hydrogens (tertiary/aromatic N) is 2. The topological polar surface area (TPSA) is 49.9 Å². The molecule has 0 aliphatic carbocycles. The molecule has 1 atom stereocenters. The average molecular weight is 527 g/mol. The number of hydrogen-bond donors (Lipinski definition) is 0. The summed E-state index contributed by atoms with van der Waals surface area (Å²) in [4.78, 5) is 31.7. The van der Waals surface area contributed by atoms with Crippen molar-refractivity contribution < 1.29 is 14.3 Å². The van der Waals surface area contributed by atoms with E-state index in [0.29, 0.717) is 18.7 Å². The van der Waals surface area contributed by atoms with Crippen molar-refractivity contribution >= 4 is 39.1 Å². The number of thiophene rings is 1. The third kappa shape index (κ3) is 5.14. The largest absolute Gasteiger partial charge is 0.497 e. The Labute approximate surface area is 207 Å². The van der Waals surface area contributed by atoms with E-state index in [1.54, 1.807) is 35.5 Å². The van der Waals surface area contributed by atoms with Crippen LogP contribution in [0.2, 0.25) is 0 Å². The molecule has 2 amide bonds. The van der Waals surface area contributed by atoms with Gasteiger partial charge in [-0.15, -0.1) is 11.3 Å². The summed E-state index contributed by atoms with van der Waals surface area (Å²) in [7, 11) is 1.65. The number of carbonyl (C=O) groups excluding carboxylic acids is 2. The summed E-state index contributed by atoms with van der Waals surface area (Å²) >= 11 is 5.15. The molecule has 4 rings (SSSR count). The third-order valence-electron chi connectivity index (χ3n) is 5.92. The van der Waals surface area contributed by atoms with Crippen LogP contribution in [0, 0.1) is 0 Å². The van der Waals surface area contributed by atoms with Crippen molar-refractivity contribution in [1.29, 1.82) is 0 Å².